The third-order valence-electron chi connectivity index (χ3n) is 4.41. The standard InChI is InChI=1S/C16H27NS/c1-4-13-7-8-14(18-13)15(17)16(11-12(2)3)9-5-6-10-16/h7-8,12,15H,4-6,9-11,17H2,1-3H3. The van der Waals surface area contributed by atoms with Gasteiger partial charge in [-0.3, -0.25) is 0 Å². The van der Waals surface area contributed by atoms with Crippen LogP contribution in [0.4, 0.5) is 0 Å². The number of hydrogen-bond acceptors (Lipinski definition) is 2. The van der Waals surface area contributed by atoms with Gasteiger partial charge in [0.05, 0.1) is 0 Å². The maximum atomic E-state index is 6.66. The van der Waals surface area contributed by atoms with E-state index in [2.05, 4.69) is 32.9 Å². The third-order valence-corrected chi connectivity index (χ3v) is 5.72. The van der Waals surface area contributed by atoms with Crippen LogP contribution in [0.2, 0.25) is 0 Å². The summed E-state index contributed by atoms with van der Waals surface area (Å²) in [6.45, 7) is 6.89. The molecule has 2 heteroatoms. The zero-order valence-electron chi connectivity index (χ0n) is 12.0. The minimum atomic E-state index is 0.257. The highest BCUT2D eigenvalue weighted by molar-refractivity contribution is 7.12. The molecular weight excluding hydrogens is 238 g/mol. The third kappa shape index (κ3) is 2.80. The van der Waals surface area contributed by atoms with Gasteiger partial charge >= 0.3 is 0 Å². The normalized spacial score (nSPS) is 20.5. The van der Waals surface area contributed by atoms with Crippen molar-refractivity contribution in [3.05, 3.63) is 21.9 Å². The smallest absolute Gasteiger partial charge is 0.0447 e. The van der Waals surface area contributed by atoms with Gasteiger partial charge in [-0.05, 0) is 49.1 Å². The molecule has 0 bridgehead atoms. The predicted molar refractivity (Wildman–Crippen MR) is 81.0 cm³/mol. The summed E-state index contributed by atoms with van der Waals surface area (Å²) in [5.74, 6) is 0.750. The lowest BCUT2D eigenvalue weighted by Crippen LogP contribution is -2.33. The summed E-state index contributed by atoms with van der Waals surface area (Å²) in [5, 5.41) is 0. The van der Waals surface area contributed by atoms with Crippen molar-refractivity contribution in [2.24, 2.45) is 17.1 Å². The van der Waals surface area contributed by atoms with E-state index in [4.69, 9.17) is 5.73 Å². The van der Waals surface area contributed by atoms with E-state index in [9.17, 15) is 0 Å². The van der Waals surface area contributed by atoms with E-state index in [-0.39, 0.29) is 6.04 Å². The van der Waals surface area contributed by atoms with Gasteiger partial charge in [-0.2, -0.15) is 0 Å². The van der Waals surface area contributed by atoms with Gasteiger partial charge in [0.15, 0.2) is 0 Å². The van der Waals surface area contributed by atoms with Crippen LogP contribution in [0.5, 0.6) is 0 Å². The fraction of sp³-hybridized carbons (Fsp3) is 0.750. The number of rotatable bonds is 5. The summed E-state index contributed by atoms with van der Waals surface area (Å²) in [5.41, 5.74) is 7.04. The first-order chi connectivity index (χ1) is 8.57. The molecule has 1 saturated carbocycles. The first-order valence-electron chi connectivity index (χ1n) is 7.41. The molecule has 1 aromatic heterocycles. The number of hydrogen-bond donors (Lipinski definition) is 1. The average molecular weight is 265 g/mol. The Morgan fingerprint density at radius 2 is 1.94 bits per heavy atom. The second-order valence-electron chi connectivity index (χ2n) is 6.30. The lowest BCUT2D eigenvalue weighted by molar-refractivity contribution is 0.185. The van der Waals surface area contributed by atoms with Crippen LogP contribution >= 0.6 is 11.3 Å². The summed E-state index contributed by atoms with van der Waals surface area (Å²) in [6.07, 6.45) is 7.80. The molecule has 1 aliphatic rings. The van der Waals surface area contributed by atoms with Crippen LogP contribution in [0, 0.1) is 11.3 Å². The Hall–Kier alpha value is -0.340. The van der Waals surface area contributed by atoms with Gasteiger partial charge in [0.25, 0.3) is 0 Å². The molecule has 102 valence electrons. The summed E-state index contributed by atoms with van der Waals surface area (Å²) in [4.78, 5) is 2.88. The van der Waals surface area contributed by atoms with Gasteiger partial charge in [-0.25, -0.2) is 0 Å². The Balaban J connectivity index is 2.19. The summed E-state index contributed by atoms with van der Waals surface area (Å²) >= 11 is 1.93. The number of thiophene rings is 1. The maximum Gasteiger partial charge on any atom is 0.0447 e. The molecule has 1 aliphatic carbocycles. The fourth-order valence-corrected chi connectivity index (χ4v) is 4.68. The van der Waals surface area contributed by atoms with Crippen LogP contribution < -0.4 is 5.73 Å². The predicted octanol–water partition coefficient (Wildman–Crippen LogP) is 4.92. The molecule has 0 radical (unpaired) electrons. The molecule has 0 spiro atoms. The van der Waals surface area contributed by atoms with Gasteiger partial charge in [0.2, 0.25) is 0 Å². The summed E-state index contributed by atoms with van der Waals surface area (Å²) < 4.78 is 0. The van der Waals surface area contributed by atoms with E-state index in [0.717, 1.165) is 12.3 Å². The summed E-state index contributed by atoms with van der Waals surface area (Å²) in [7, 11) is 0. The van der Waals surface area contributed by atoms with Crippen molar-refractivity contribution < 1.29 is 0 Å². The minimum Gasteiger partial charge on any atom is -0.323 e. The molecular formula is C16H27NS. The van der Waals surface area contributed by atoms with E-state index in [1.807, 2.05) is 11.3 Å². The van der Waals surface area contributed by atoms with Crippen LogP contribution in [0.1, 0.15) is 68.7 Å². The Bertz CT molecular complexity index is 374. The first-order valence-corrected chi connectivity index (χ1v) is 8.23. The van der Waals surface area contributed by atoms with E-state index < -0.39 is 0 Å². The van der Waals surface area contributed by atoms with E-state index in [0.29, 0.717) is 5.41 Å². The molecule has 1 aromatic rings. The highest BCUT2D eigenvalue weighted by Gasteiger charge is 2.40. The lowest BCUT2D eigenvalue weighted by Gasteiger charge is -2.36. The minimum absolute atomic E-state index is 0.257. The second kappa shape index (κ2) is 5.75. The molecule has 2 N–H and O–H groups in total. The van der Waals surface area contributed by atoms with Crippen LogP contribution in [0.25, 0.3) is 0 Å². The van der Waals surface area contributed by atoms with Crippen molar-refractivity contribution in [3.8, 4) is 0 Å². The Kier molecular flexibility index (Phi) is 4.50. The van der Waals surface area contributed by atoms with Gasteiger partial charge in [0.1, 0.15) is 0 Å². The molecule has 0 saturated heterocycles. The number of nitrogens with two attached hydrogens (primary N) is 1. The zero-order chi connectivity index (χ0) is 13.2. The topological polar surface area (TPSA) is 26.0 Å². The average Bonchev–Trinajstić information content (AvgIpc) is 2.96. The van der Waals surface area contributed by atoms with Gasteiger partial charge in [0, 0.05) is 15.8 Å². The highest BCUT2D eigenvalue weighted by Crippen LogP contribution is 2.51. The molecule has 1 fully saturated rings. The fourth-order valence-electron chi connectivity index (χ4n) is 3.59. The Labute approximate surface area is 116 Å². The molecule has 1 nitrogen and oxygen atoms in total. The molecule has 1 unspecified atom stereocenters. The van der Waals surface area contributed by atoms with Crippen LogP contribution in [0.15, 0.2) is 12.1 Å². The Morgan fingerprint density at radius 1 is 1.28 bits per heavy atom. The van der Waals surface area contributed by atoms with E-state index >= 15 is 0 Å². The van der Waals surface area contributed by atoms with Gasteiger partial charge in [-0.15, -0.1) is 11.3 Å². The van der Waals surface area contributed by atoms with Crippen molar-refractivity contribution in [2.75, 3.05) is 0 Å². The van der Waals surface area contributed by atoms with Crippen molar-refractivity contribution in [1.29, 1.82) is 0 Å². The Morgan fingerprint density at radius 3 is 2.44 bits per heavy atom. The second-order valence-corrected chi connectivity index (χ2v) is 7.50. The van der Waals surface area contributed by atoms with E-state index in [1.165, 1.54) is 41.9 Å². The van der Waals surface area contributed by atoms with Gasteiger partial charge < -0.3 is 5.73 Å². The monoisotopic (exact) mass is 265 g/mol. The number of aryl methyl sites for hydroxylation is 1. The van der Waals surface area contributed by atoms with Crippen molar-refractivity contribution in [2.45, 2.75) is 65.3 Å². The van der Waals surface area contributed by atoms with Crippen LogP contribution in [-0.4, -0.2) is 0 Å². The first kappa shape index (κ1) is 14.1. The van der Waals surface area contributed by atoms with Crippen LogP contribution in [-0.2, 0) is 6.42 Å². The molecule has 0 amide bonds. The molecule has 2 rings (SSSR count). The molecule has 0 aliphatic heterocycles. The van der Waals surface area contributed by atoms with E-state index in [1.54, 1.807) is 0 Å². The molecule has 1 heterocycles. The van der Waals surface area contributed by atoms with Crippen LogP contribution in [0.3, 0.4) is 0 Å². The highest BCUT2D eigenvalue weighted by atomic mass is 32.1. The maximum absolute atomic E-state index is 6.66. The van der Waals surface area contributed by atoms with Crippen molar-refractivity contribution in [3.63, 3.8) is 0 Å². The van der Waals surface area contributed by atoms with Crippen molar-refractivity contribution in [1.82, 2.24) is 0 Å². The van der Waals surface area contributed by atoms with Crippen molar-refractivity contribution >= 4 is 11.3 Å². The zero-order valence-corrected chi connectivity index (χ0v) is 12.9. The SMILES string of the molecule is CCc1ccc(C(N)C2(CC(C)C)CCCC2)s1. The van der Waals surface area contributed by atoms with Gasteiger partial charge in [-0.1, -0.05) is 33.6 Å². The molecule has 1 atom stereocenters. The summed E-state index contributed by atoms with van der Waals surface area (Å²) in [6, 6.07) is 4.79. The quantitative estimate of drug-likeness (QED) is 0.803. The lowest BCUT2D eigenvalue weighted by atomic mass is 9.72. The largest absolute Gasteiger partial charge is 0.323 e. The molecule has 0 aromatic carbocycles. The molecule has 18 heavy (non-hydrogen) atoms.